The molecule has 0 rings (SSSR count). The average Bonchev–Trinajstić information content (AvgIpc) is 2.32. The van der Waals surface area contributed by atoms with Gasteiger partial charge in [0.25, 0.3) is 0 Å². The predicted octanol–water partition coefficient (Wildman–Crippen LogP) is 2.34. The van der Waals surface area contributed by atoms with E-state index in [1.165, 1.54) is 32.1 Å². The highest BCUT2D eigenvalue weighted by Gasteiger charge is 1.86. The van der Waals surface area contributed by atoms with Crippen LogP contribution < -0.4 is 0 Å². The van der Waals surface area contributed by atoms with Crippen LogP contribution in [0.15, 0.2) is 0 Å². The predicted molar refractivity (Wildman–Crippen MR) is 78.7 cm³/mol. The lowest BCUT2D eigenvalue weighted by atomic mass is 10.1. The molecule has 0 aromatic rings. The van der Waals surface area contributed by atoms with Crippen molar-refractivity contribution in [2.45, 2.75) is 66.2 Å². The maximum absolute atomic E-state index is 8.42. The normalized spacial score (nSPS) is 8.00. The molecule has 0 fully saturated rings. The van der Waals surface area contributed by atoms with E-state index in [4.69, 9.17) is 20.4 Å². The smallest absolute Gasteiger partial charge is 0.0431 e. The van der Waals surface area contributed by atoms with Gasteiger partial charge in [0.15, 0.2) is 0 Å². The van der Waals surface area contributed by atoms with E-state index < -0.39 is 0 Å². The van der Waals surface area contributed by atoms with Gasteiger partial charge in [0.05, 0.1) is 0 Å². The minimum Gasteiger partial charge on any atom is -0.397 e. The molecule has 0 aromatic heterocycles. The third-order valence-corrected chi connectivity index (χ3v) is 1.51. The molecule has 0 saturated heterocycles. The van der Waals surface area contributed by atoms with Crippen molar-refractivity contribution in [3.05, 3.63) is 0 Å². The Morgan fingerprint density at radius 2 is 0.778 bits per heavy atom. The second-order valence-electron chi connectivity index (χ2n) is 3.44. The highest BCUT2D eigenvalue weighted by atomic mass is 16.3. The van der Waals surface area contributed by atoms with Gasteiger partial charge in [-0.3, -0.25) is 0 Å². The molecular weight excluding hydrogens is 232 g/mol. The summed E-state index contributed by atoms with van der Waals surface area (Å²) in [5.41, 5.74) is 0. The minimum absolute atomic E-state index is 0.250. The molecule has 0 amide bonds. The van der Waals surface area contributed by atoms with E-state index in [2.05, 4.69) is 6.92 Å². The molecule has 0 atom stereocenters. The second-order valence-corrected chi connectivity index (χ2v) is 3.44. The lowest BCUT2D eigenvalue weighted by Gasteiger charge is -1.95. The van der Waals surface area contributed by atoms with Gasteiger partial charge in [0, 0.05) is 26.4 Å². The van der Waals surface area contributed by atoms with Crippen LogP contribution in [0.5, 0.6) is 0 Å². The second kappa shape index (κ2) is 43.6. The molecule has 4 heteroatoms. The van der Waals surface area contributed by atoms with Crippen molar-refractivity contribution < 1.29 is 20.4 Å². The average molecular weight is 268 g/mol. The van der Waals surface area contributed by atoms with Gasteiger partial charge in [-0.1, -0.05) is 39.0 Å². The highest BCUT2D eigenvalue weighted by molar-refractivity contribution is 4.41. The van der Waals surface area contributed by atoms with E-state index >= 15 is 0 Å². The van der Waals surface area contributed by atoms with Gasteiger partial charge in [-0.15, -0.1) is 0 Å². The van der Waals surface area contributed by atoms with Gasteiger partial charge >= 0.3 is 0 Å². The third kappa shape index (κ3) is 102. The Labute approximate surface area is 114 Å². The van der Waals surface area contributed by atoms with Gasteiger partial charge in [0.2, 0.25) is 0 Å². The van der Waals surface area contributed by atoms with Crippen molar-refractivity contribution in [1.29, 1.82) is 0 Å². The van der Waals surface area contributed by atoms with Gasteiger partial charge in [-0.05, 0) is 27.2 Å². The Hall–Kier alpha value is -0.160. The van der Waals surface area contributed by atoms with Crippen LogP contribution in [0.1, 0.15) is 66.2 Å². The van der Waals surface area contributed by atoms with E-state index in [9.17, 15) is 0 Å². The zero-order chi connectivity index (χ0) is 15.1. The Morgan fingerprint density at radius 1 is 0.500 bits per heavy atom. The van der Waals surface area contributed by atoms with Gasteiger partial charge in [0.1, 0.15) is 0 Å². The van der Waals surface area contributed by atoms with E-state index in [1.807, 2.05) is 0 Å². The van der Waals surface area contributed by atoms with Crippen LogP contribution in [0.25, 0.3) is 0 Å². The van der Waals surface area contributed by atoms with E-state index in [0.717, 1.165) is 6.42 Å². The number of rotatable bonds is 6. The molecule has 4 nitrogen and oxygen atoms in total. The molecule has 0 radical (unpaired) electrons. The summed E-state index contributed by atoms with van der Waals surface area (Å²) in [7, 11) is 0. The first-order chi connectivity index (χ1) is 8.66. The molecule has 0 unspecified atom stereocenters. The molecule has 0 heterocycles. The zero-order valence-electron chi connectivity index (χ0n) is 12.9. The fraction of sp³-hybridized carbons (Fsp3) is 1.00. The summed E-state index contributed by atoms with van der Waals surface area (Å²) in [6, 6.07) is 0. The molecule has 4 N–H and O–H groups in total. The van der Waals surface area contributed by atoms with Crippen molar-refractivity contribution >= 4 is 0 Å². The first kappa shape index (κ1) is 26.4. The number of aliphatic hydroxyl groups is 4. The molecule has 0 bridgehead atoms. The molecule has 0 aliphatic rings. The van der Waals surface area contributed by atoms with Gasteiger partial charge < -0.3 is 20.4 Å². The number of aliphatic hydroxyl groups excluding tert-OH is 4. The molecule has 0 aliphatic heterocycles. The molecule has 0 saturated carbocycles. The highest BCUT2D eigenvalue weighted by Crippen LogP contribution is 2.03. The van der Waals surface area contributed by atoms with Crippen molar-refractivity contribution in [3.8, 4) is 0 Å². The first-order valence-corrected chi connectivity index (χ1v) is 7.09. The molecule has 116 valence electrons. The summed E-state index contributed by atoms with van der Waals surface area (Å²) in [6.45, 7) is 8.37. The summed E-state index contributed by atoms with van der Waals surface area (Å²) < 4.78 is 0. The Kier molecular flexibility index (Phi) is 64.0. The van der Waals surface area contributed by atoms with Crippen LogP contribution in [0, 0.1) is 0 Å². The fourth-order valence-electron chi connectivity index (χ4n) is 0.892. The minimum atomic E-state index is 0.250. The number of unbranched alkanes of at least 4 members (excludes halogenated alkanes) is 5. The summed E-state index contributed by atoms with van der Waals surface area (Å²) in [4.78, 5) is 0. The number of hydrogen-bond acceptors (Lipinski definition) is 4. The van der Waals surface area contributed by atoms with Crippen LogP contribution in [0.2, 0.25) is 0 Å². The van der Waals surface area contributed by atoms with Crippen LogP contribution in [0.4, 0.5) is 0 Å². The number of hydrogen-bond donors (Lipinski definition) is 4. The van der Waals surface area contributed by atoms with Crippen LogP contribution in [-0.2, 0) is 0 Å². The SMILES string of the molecule is CCCCCCCCO.CCO.CCO.CCO. The van der Waals surface area contributed by atoms with Crippen molar-refractivity contribution in [3.63, 3.8) is 0 Å². The van der Waals surface area contributed by atoms with Gasteiger partial charge in [-0.2, -0.15) is 0 Å². The molecule has 0 aliphatic carbocycles. The Morgan fingerprint density at radius 3 is 1.06 bits per heavy atom. The van der Waals surface area contributed by atoms with Crippen LogP contribution in [-0.4, -0.2) is 46.9 Å². The molecular formula is C14H36O4. The molecule has 18 heavy (non-hydrogen) atoms. The third-order valence-electron chi connectivity index (χ3n) is 1.51. The van der Waals surface area contributed by atoms with E-state index in [1.54, 1.807) is 20.8 Å². The molecule has 0 aromatic carbocycles. The van der Waals surface area contributed by atoms with Crippen LogP contribution >= 0.6 is 0 Å². The summed E-state index contributed by atoms with van der Waals surface area (Å²) >= 11 is 0. The maximum Gasteiger partial charge on any atom is 0.0431 e. The largest absolute Gasteiger partial charge is 0.397 e. The quantitative estimate of drug-likeness (QED) is 0.557. The van der Waals surface area contributed by atoms with Crippen molar-refractivity contribution in [1.82, 2.24) is 0 Å². The van der Waals surface area contributed by atoms with Crippen LogP contribution in [0.3, 0.4) is 0 Å². The lowest BCUT2D eigenvalue weighted by Crippen LogP contribution is -1.82. The van der Waals surface area contributed by atoms with E-state index in [0.29, 0.717) is 6.61 Å². The Balaban J connectivity index is -0.0000000902. The Bertz CT molecular complexity index is 69.4. The van der Waals surface area contributed by atoms with E-state index in [-0.39, 0.29) is 19.8 Å². The maximum atomic E-state index is 8.42. The monoisotopic (exact) mass is 268 g/mol. The zero-order valence-corrected chi connectivity index (χ0v) is 12.9. The first-order valence-electron chi connectivity index (χ1n) is 7.09. The molecule has 0 spiro atoms. The van der Waals surface area contributed by atoms with Crippen molar-refractivity contribution in [2.24, 2.45) is 0 Å². The fourth-order valence-corrected chi connectivity index (χ4v) is 0.892. The summed E-state index contributed by atoms with van der Waals surface area (Å²) in [6.07, 6.45) is 7.50. The van der Waals surface area contributed by atoms with Gasteiger partial charge in [-0.25, -0.2) is 0 Å². The topological polar surface area (TPSA) is 80.9 Å². The summed E-state index contributed by atoms with van der Waals surface area (Å²) in [5, 5.41) is 31.1. The van der Waals surface area contributed by atoms with Crippen molar-refractivity contribution in [2.75, 3.05) is 26.4 Å². The summed E-state index contributed by atoms with van der Waals surface area (Å²) in [5.74, 6) is 0. The lowest BCUT2D eigenvalue weighted by molar-refractivity contribution is 0.282. The standard InChI is InChI=1S/C8H18O.3C2H6O/c1-2-3-4-5-6-7-8-9;3*1-2-3/h9H,2-8H2,1H3;3*3H,2H2,1H3.